The van der Waals surface area contributed by atoms with Crippen LogP contribution >= 0.6 is 11.6 Å². The van der Waals surface area contributed by atoms with Crippen LogP contribution in [0.3, 0.4) is 0 Å². The van der Waals surface area contributed by atoms with Gasteiger partial charge in [-0.2, -0.15) is 17.6 Å². The molecule has 4 rings (SSSR count). The number of rotatable bonds is 8. The molecule has 11 heteroatoms. The molecule has 2 amide bonds. The lowest BCUT2D eigenvalue weighted by molar-refractivity contribution is -0.253. The predicted octanol–water partition coefficient (Wildman–Crippen LogP) is 5.50. The minimum Gasteiger partial charge on any atom is -0.428 e. The Kier molecular flexibility index (Phi) is 8.19. The van der Waals surface area contributed by atoms with Crippen molar-refractivity contribution < 1.29 is 31.8 Å². The van der Waals surface area contributed by atoms with Crippen molar-refractivity contribution >= 4 is 17.6 Å². The van der Waals surface area contributed by atoms with Crippen molar-refractivity contribution in [2.24, 2.45) is 0 Å². The summed E-state index contributed by atoms with van der Waals surface area (Å²) in [4.78, 5) is 19.5. The molecule has 3 aromatic rings. The fourth-order valence-electron chi connectivity index (χ4n) is 4.11. The van der Waals surface area contributed by atoms with Gasteiger partial charge in [0.2, 0.25) is 0 Å². The van der Waals surface area contributed by atoms with Crippen molar-refractivity contribution in [2.75, 3.05) is 26.3 Å². The van der Waals surface area contributed by atoms with E-state index in [9.17, 15) is 22.4 Å². The lowest BCUT2D eigenvalue weighted by Crippen LogP contribution is -2.55. The first-order valence-electron chi connectivity index (χ1n) is 11.5. The molecule has 1 fully saturated rings. The molecule has 0 aliphatic carbocycles. The van der Waals surface area contributed by atoms with Gasteiger partial charge < -0.3 is 19.7 Å². The van der Waals surface area contributed by atoms with Gasteiger partial charge in [-0.1, -0.05) is 54.1 Å². The molecule has 1 N–H and O–H groups in total. The minimum absolute atomic E-state index is 0.160. The van der Waals surface area contributed by atoms with Crippen LogP contribution in [0, 0.1) is 0 Å². The van der Waals surface area contributed by atoms with Crippen molar-refractivity contribution in [3.05, 3.63) is 94.8 Å². The Hall–Kier alpha value is -3.37. The molecule has 0 radical (unpaired) electrons. The molecule has 0 spiro atoms. The Morgan fingerprint density at radius 3 is 2.46 bits per heavy atom. The van der Waals surface area contributed by atoms with Crippen LogP contribution < -0.4 is 10.1 Å². The van der Waals surface area contributed by atoms with Gasteiger partial charge in [0.15, 0.2) is 0 Å². The van der Waals surface area contributed by atoms with Crippen molar-refractivity contribution in [2.45, 2.75) is 24.5 Å². The van der Waals surface area contributed by atoms with Gasteiger partial charge >= 0.3 is 18.6 Å². The summed E-state index contributed by atoms with van der Waals surface area (Å²) in [5, 5.41) is 3.40. The highest BCUT2D eigenvalue weighted by Gasteiger charge is 2.45. The van der Waals surface area contributed by atoms with E-state index < -0.39 is 29.9 Å². The van der Waals surface area contributed by atoms with E-state index in [1.165, 1.54) is 18.3 Å². The molecule has 0 unspecified atom stereocenters. The number of alkyl halides is 4. The molecule has 1 saturated heterocycles. The Morgan fingerprint density at radius 1 is 1.08 bits per heavy atom. The van der Waals surface area contributed by atoms with E-state index in [0.29, 0.717) is 42.6 Å². The standard InChI is InChI=1S/C26H24ClF4N3O3/c27-20-9-10-22(32-17-20)25(16-18-5-2-1-3-6-18,33-24(35)34-11-13-36-14-12-34)19-7-4-8-21(15-19)37-26(30,31)23(28)29/h1-10,15,17,23H,11-14,16H2,(H,33,35)/t25-/m1/s1. The van der Waals surface area contributed by atoms with E-state index in [1.54, 1.807) is 23.1 Å². The lowest BCUT2D eigenvalue weighted by atomic mass is 9.80. The third-order valence-corrected chi connectivity index (χ3v) is 6.15. The van der Waals surface area contributed by atoms with Crippen LogP contribution in [0.4, 0.5) is 22.4 Å². The van der Waals surface area contributed by atoms with Gasteiger partial charge in [0.25, 0.3) is 0 Å². The molecule has 2 aromatic carbocycles. The number of pyridine rings is 1. The van der Waals surface area contributed by atoms with Gasteiger partial charge in [0.05, 0.1) is 23.9 Å². The van der Waals surface area contributed by atoms with Gasteiger partial charge in [-0.3, -0.25) is 4.98 Å². The molecule has 1 aliphatic rings. The van der Waals surface area contributed by atoms with E-state index in [1.807, 2.05) is 30.3 Å². The second-order valence-corrected chi connectivity index (χ2v) is 8.89. The number of halogens is 5. The van der Waals surface area contributed by atoms with Crippen LogP contribution in [0.25, 0.3) is 0 Å². The fraction of sp³-hybridized carbons (Fsp3) is 0.308. The zero-order valence-corrected chi connectivity index (χ0v) is 20.3. The summed E-state index contributed by atoms with van der Waals surface area (Å²) < 4.78 is 62.8. The van der Waals surface area contributed by atoms with Crippen LogP contribution in [0.1, 0.15) is 16.8 Å². The maximum absolute atomic E-state index is 13.7. The summed E-state index contributed by atoms with van der Waals surface area (Å²) in [6.45, 7) is 1.44. The number of hydrogen-bond acceptors (Lipinski definition) is 4. The number of carbonyl (C=O) groups is 1. The van der Waals surface area contributed by atoms with Gasteiger partial charge in [-0.15, -0.1) is 0 Å². The van der Waals surface area contributed by atoms with Crippen molar-refractivity contribution in [1.82, 2.24) is 15.2 Å². The predicted molar refractivity (Wildman–Crippen MR) is 129 cm³/mol. The molecule has 37 heavy (non-hydrogen) atoms. The monoisotopic (exact) mass is 537 g/mol. The Morgan fingerprint density at radius 2 is 1.81 bits per heavy atom. The van der Waals surface area contributed by atoms with Crippen molar-refractivity contribution in [1.29, 1.82) is 0 Å². The minimum atomic E-state index is -4.70. The summed E-state index contributed by atoms with van der Waals surface area (Å²) in [5.41, 5.74) is 0.0575. The summed E-state index contributed by atoms with van der Waals surface area (Å²) >= 11 is 6.08. The summed E-state index contributed by atoms with van der Waals surface area (Å²) in [7, 11) is 0. The first-order valence-corrected chi connectivity index (χ1v) is 11.8. The largest absolute Gasteiger partial charge is 0.461 e. The third kappa shape index (κ3) is 6.31. The van der Waals surface area contributed by atoms with Gasteiger partial charge in [-0.25, -0.2) is 4.79 Å². The first-order chi connectivity index (χ1) is 17.7. The third-order valence-electron chi connectivity index (χ3n) is 5.93. The molecular formula is C26H24ClF4N3O3. The number of amides is 2. The number of ether oxygens (including phenoxy) is 2. The Balaban J connectivity index is 1.85. The quantitative estimate of drug-likeness (QED) is 0.385. The number of hydrogen-bond donors (Lipinski definition) is 1. The molecule has 0 bridgehead atoms. The summed E-state index contributed by atoms with van der Waals surface area (Å²) in [5.74, 6) is -0.491. The fourth-order valence-corrected chi connectivity index (χ4v) is 4.22. The average molecular weight is 538 g/mol. The van der Waals surface area contributed by atoms with E-state index in [-0.39, 0.29) is 6.42 Å². The highest BCUT2D eigenvalue weighted by Crippen LogP contribution is 2.36. The van der Waals surface area contributed by atoms with E-state index in [4.69, 9.17) is 16.3 Å². The topological polar surface area (TPSA) is 63.7 Å². The second kappa shape index (κ2) is 11.4. The zero-order chi connectivity index (χ0) is 26.5. The molecule has 2 heterocycles. The maximum Gasteiger partial charge on any atom is 0.461 e. The number of nitrogens with zero attached hydrogens (tertiary/aromatic N) is 2. The number of aromatic nitrogens is 1. The zero-order valence-electron chi connectivity index (χ0n) is 19.6. The molecule has 1 aromatic heterocycles. The summed E-state index contributed by atoms with van der Waals surface area (Å²) in [6.07, 6.45) is -7.16. The number of urea groups is 1. The SMILES string of the molecule is O=C(N[C@](Cc1ccccc1)(c1cccc(OC(F)(F)C(F)F)c1)c1ccc(Cl)cn1)N1CCOCC1. The van der Waals surface area contributed by atoms with Gasteiger partial charge in [0.1, 0.15) is 11.3 Å². The number of carbonyl (C=O) groups excluding carboxylic acids is 1. The normalized spacial score (nSPS) is 15.8. The molecule has 1 atom stereocenters. The lowest BCUT2D eigenvalue weighted by Gasteiger charge is -2.38. The van der Waals surface area contributed by atoms with E-state index in [0.717, 1.165) is 11.6 Å². The second-order valence-electron chi connectivity index (χ2n) is 8.45. The highest BCUT2D eigenvalue weighted by molar-refractivity contribution is 6.30. The molecule has 0 saturated carbocycles. The Bertz CT molecular complexity index is 1200. The first kappa shape index (κ1) is 26.7. The van der Waals surface area contributed by atoms with Crippen molar-refractivity contribution in [3.8, 4) is 5.75 Å². The number of nitrogens with one attached hydrogen (secondary N) is 1. The van der Waals surface area contributed by atoms with Crippen LogP contribution in [0.5, 0.6) is 5.75 Å². The van der Waals surface area contributed by atoms with Crippen LogP contribution in [0.15, 0.2) is 72.9 Å². The molecular weight excluding hydrogens is 514 g/mol. The van der Waals surface area contributed by atoms with Gasteiger partial charge in [0, 0.05) is 25.7 Å². The van der Waals surface area contributed by atoms with Gasteiger partial charge in [-0.05, 0) is 35.4 Å². The van der Waals surface area contributed by atoms with Crippen LogP contribution in [0.2, 0.25) is 5.02 Å². The van der Waals surface area contributed by atoms with Crippen LogP contribution in [-0.2, 0) is 16.7 Å². The average Bonchev–Trinajstić information content (AvgIpc) is 2.89. The van der Waals surface area contributed by atoms with E-state index in [2.05, 4.69) is 15.0 Å². The molecule has 1 aliphatic heterocycles. The maximum atomic E-state index is 13.7. The number of morpholine rings is 1. The highest BCUT2D eigenvalue weighted by atomic mass is 35.5. The summed E-state index contributed by atoms with van der Waals surface area (Å²) in [6, 6.07) is 17.3. The molecule has 196 valence electrons. The van der Waals surface area contributed by atoms with E-state index >= 15 is 0 Å². The Labute approximate surface area is 216 Å². The molecule has 6 nitrogen and oxygen atoms in total. The van der Waals surface area contributed by atoms with Crippen molar-refractivity contribution in [3.63, 3.8) is 0 Å². The van der Waals surface area contributed by atoms with Crippen LogP contribution in [-0.4, -0.2) is 54.8 Å². The smallest absolute Gasteiger partial charge is 0.428 e. The number of benzene rings is 2.